The fourth-order valence-corrected chi connectivity index (χ4v) is 3.51. The van der Waals surface area contributed by atoms with Crippen molar-refractivity contribution in [1.82, 2.24) is 4.90 Å². The summed E-state index contributed by atoms with van der Waals surface area (Å²) in [5, 5.41) is 0. The summed E-state index contributed by atoms with van der Waals surface area (Å²) in [5.41, 5.74) is 5.68. The summed E-state index contributed by atoms with van der Waals surface area (Å²) in [7, 11) is 0. The fourth-order valence-electron chi connectivity index (χ4n) is 3.51. The van der Waals surface area contributed by atoms with Gasteiger partial charge in [-0.3, -0.25) is 4.79 Å². The Morgan fingerprint density at radius 1 is 1.50 bits per heavy atom. The van der Waals surface area contributed by atoms with E-state index in [1.54, 1.807) is 0 Å². The molecular weight excluding hydrogens is 252 g/mol. The van der Waals surface area contributed by atoms with Crippen molar-refractivity contribution in [2.45, 2.75) is 33.1 Å². The fraction of sp³-hybridized carbons (Fsp3) is 0.812. The summed E-state index contributed by atoms with van der Waals surface area (Å²) in [6.45, 7) is 11.8. The number of ether oxygens (including phenoxy) is 1. The first-order chi connectivity index (χ1) is 9.47. The van der Waals surface area contributed by atoms with Crippen molar-refractivity contribution in [1.29, 1.82) is 0 Å². The van der Waals surface area contributed by atoms with Crippen LogP contribution in [0.4, 0.5) is 0 Å². The van der Waals surface area contributed by atoms with Gasteiger partial charge in [-0.2, -0.15) is 0 Å². The maximum absolute atomic E-state index is 13.0. The number of nitrogens with two attached hydrogens (primary N) is 1. The highest BCUT2D eigenvalue weighted by molar-refractivity contribution is 5.83. The van der Waals surface area contributed by atoms with Gasteiger partial charge in [0.05, 0.1) is 5.41 Å². The monoisotopic (exact) mass is 280 g/mol. The molecule has 0 radical (unpaired) electrons. The van der Waals surface area contributed by atoms with E-state index < -0.39 is 0 Å². The van der Waals surface area contributed by atoms with E-state index in [-0.39, 0.29) is 16.7 Å². The first kappa shape index (κ1) is 15.5. The Labute approximate surface area is 122 Å². The van der Waals surface area contributed by atoms with Gasteiger partial charge in [-0.1, -0.05) is 19.9 Å². The van der Waals surface area contributed by atoms with Crippen molar-refractivity contribution in [3.05, 3.63) is 12.7 Å². The van der Waals surface area contributed by atoms with Crippen LogP contribution in [0, 0.1) is 16.7 Å². The van der Waals surface area contributed by atoms with E-state index in [0.29, 0.717) is 25.7 Å². The molecule has 2 atom stereocenters. The molecule has 0 aromatic heterocycles. The van der Waals surface area contributed by atoms with Crippen molar-refractivity contribution in [2.75, 3.05) is 32.8 Å². The number of likely N-dealkylation sites (tertiary alicyclic amines) is 1. The minimum absolute atomic E-state index is 0.0518. The number of hydrogen-bond donors (Lipinski definition) is 1. The first-order valence-corrected chi connectivity index (χ1v) is 7.65. The molecule has 2 aliphatic heterocycles. The number of hydrogen-bond acceptors (Lipinski definition) is 3. The normalized spacial score (nSPS) is 33.1. The lowest BCUT2D eigenvalue weighted by Gasteiger charge is -2.38. The highest BCUT2D eigenvalue weighted by atomic mass is 16.5. The van der Waals surface area contributed by atoms with Crippen LogP contribution in [-0.2, 0) is 9.53 Å². The lowest BCUT2D eigenvalue weighted by atomic mass is 9.76. The van der Waals surface area contributed by atoms with E-state index in [1.165, 1.54) is 0 Å². The number of carbonyl (C=O) groups excluding carboxylic acids is 1. The highest BCUT2D eigenvalue weighted by Crippen LogP contribution is 2.41. The molecule has 2 rings (SSSR count). The molecule has 2 N–H and O–H groups in total. The van der Waals surface area contributed by atoms with Gasteiger partial charge in [0.2, 0.25) is 5.91 Å². The molecule has 0 bridgehead atoms. The quantitative estimate of drug-likeness (QED) is 0.799. The number of allylic oxidation sites excluding steroid dienone is 1. The van der Waals surface area contributed by atoms with Crippen LogP contribution in [0.25, 0.3) is 0 Å². The summed E-state index contributed by atoms with van der Waals surface area (Å²) < 4.78 is 5.44. The number of nitrogens with zero attached hydrogens (tertiary/aromatic N) is 1. The Bertz CT molecular complexity index is 377. The molecule has 0 aromatic carbocycles. The molecule has 2 saturated heterocycles. The summed E-state index contributed by atoms with van der Waals surface area (Å²) >= 11 is 0. The van der Waals surface area contributed by atoms with Crippen LogP contribution in [0.2, 0.25) is 0 Å². The molecule has 114 valence electrons. The van der Waals surface area contributed by atoms with Gasteiger partial charge in [0.1, 0.15) is 0 Å². The Morgan fingerprint density at radius 3 is 2.65 bits per heavy atom. The minimum atomic E-state index is -0.292. The van der Waals surface area contributed by atoms with E-state index in [9.17, 15) is 4.79 Å². The molecular formula is C16H28N2O2. The Morgan fingerprint density at radius 2 is 2.15 bits per heavy atom. The molecule has 0 spiro atoms. The van der Waals surface area contributed by atoms with Crippen LogP contribution in [-0.4, -0.2) is 43.7 Å². The third-order valence-electron chi connectivity index (χ3n) is 5.43. The van der Waals surface area contributed by atoms with E-state index in [2.05, 4.69) is 20.4 Å². The van der Waals surface area contributed by atoms with Crippen LogP contribution in [0.15, 0.2) is 12.7 Å². The molecule has 4 nitrogen and oxygen atoms in total. The number of amides is 1. The number of carbonyl (C=O) groups is 1. The van der Waals surface area contributed by atoms with Crippen LogP contribution in [0.1, 0.15) is 33.1 Å². The van der Waals surface area contributed by atoms with Crippen LogP contribution < -0.4 is 5.73 Å². The zero-order valence-electron chi connectivity index (χ0n) is 12.9. The third kappa shape index (κ3) is 2.63. The van der Waals surface area contributed by atoms with Gasteiger partial charge in [0.25, 0.3) is 0 Å². The van der Waals surface area contributed by atoms with Gasteiger partial charge in [-0.05, 0) is 31.7 Å². The van der Waals surface area contributed by atoms with Crippen LogP contribution in [0.3, 0.4) is 0 Å². The third-order valence-corrected chi connectivity index (χ3v) is 5.43. The van der Waals surface area contributed by atoms with Gasteiger partial charge >= 0.3 is 0 Å². The summed E-state index contributed by atoms with van der Waals surface area (Å²) in [6.07, 6.45) is 4.24. The standard InChI is InChI=1S/C16H28N2O2/c1-4-5-16(6-8-20-9-7-16)14(19)18-10-13(2)15(3,11-17)12-18/h4,13H,1,5-12,17H2,2-3H3/t13-,15-/m1/s1. The molecule has 0 unspecified atom stereocenters. The SMILES string of the molecule is C=CCC1(C(=O)N2C[C@@H](C)[C@](C)(CN)C2)CCOCC1. The van der Waals surface area contributed by atoms with Crippen molar-refractivity contribution >= 4 is 5.91 Å². The van der Waals surface area contributed by atoms with Gasteiger partial charge in [-0.25, -0.2) is 0 Å². The molecule has 2 fully saturated rings. The smallest absolute Gasteiger partial charge is 0.229 e. The van der Waals surface area contributed by atoms with Crippen LogP contribution in [0.5, 0.6) is 0 Å². The molecule has 2 heterocycles. The van der Waals surface area contributed by atoms with Gasteiger partial charge in [0.15, 0.2) is 0 Å². The summed E-state index contributed by atoms with van der Waals surface area (Å²) in [6, 6.07) is 0. The van der Waals surface area contributed by atoms with Gasteiger partial charge < -0.3 is 15.4 Å². The topological polar surface area (TPSA) is 55.6 Å². The predicted octanol–water partition coefficient (Wildman–Crippen LogP) is 1.80. The molecule has 0 aliphatic carbocycles. The average molecular weight is 280 g/mol. The minimum Gasteiger partial charge on any atom is -0.381 e. The first-order valence-electron chi connectivity index (χ1n) is 7.65. The Kier molecular flexibility index (Phi) is 4.55. The van der Waals surface area contributed by atoms with Crippen molar-refractivity contribution in [3.63, 3.8) is 0 Å². The van der Waals surface area contributed by atoms with E-state index in [0.717, 1.165) is 32.4 Å². The van der Waals surface area contributed by atoms with Crippen molar-refractivity contribution in [2.24, 2.45) is 22.5 Å². The molecule has 2 aliphatic rings. The van der Waals surface area contributed by atoms with Crippen LogP contribution >= 0.6 is 0 Å². The molecule has 4 heteroatoms. The maximum Gasteiger partial charge on any atom is 0.229 e. The van der Waals surface area contributed by atoms with Gasteiger partial charge in [0, 0.05) is 31.7 Å². The second kappa shape index (κ2) is 5.86. The summed E-state index contributed by atoms with van der Waals surface area (Å²) in [5.74, 6) is 0.738. The average Bonchev–Trinajstić information content (AvgIpc) is 2.76. The van der Waals surface area contributed by atoms with Crippen molar-refractivity contribution < 1.29 is 9.53 Å². The molecule has 1 amide bonds. The second-order valence-electron chi connectivity index (χ2n) is 6.83. The lowest BCUT2D eigenvalue weighted by Crippen LogP contribution is -2.46. The zero-order chi connectivity index (χ0) is 14.8. The number of rotatable bonds is 4. The van der Waals surface area contributed by atoms with E-state index in [1.807, 2.05) is 11.0 Å². The lowest BCUT2D eigenvalue weighted by molar-refractivity contribution is -0.147. The maximum atomic E-state index is 13.0. The Balaban J connectivity index is 2.15. The predicted molar refractivity (Wildman–Crippen MR) is 80.2 cm³/mol. The second-order valence-corrected chi connectivity index (χ2v) is 6.83. The van der Waals surface area contributed by atoms with E-state index in [4.69, 9.17) is 10.5 Å². The molecule has 0 saturated carbocycles. The summed E-state index contributed by atoms with van der Waals surface area (Å²) in [4.78, 5) is 15.1. The highest BCUT2D eigenvalue weighted by Gasteiger charge is 2.47. The van der Waals surface area contributed by atoms with E-state index >= 15 is 0 Å². The van der Waals surface area contributed by atoms with Crippen molar-refractivity contribution in [3.8, 4) is 0 Å². The van der Waals surface area contributed by atoms with Gasteiger partial charge in [-0.15, -0.1) is 6.58 Å². The largest absolute Gasteiger partial charge is 0.381 e. The Hall–Kier alpha value is -0.870. The molecule has 0 aromatic rings. The zero-order valence-corrected chi connectivity index (χ0v) is 12.9. The molecule has 20 heavy (non-hydrogen) atoms.